The van der Waals surface area contributed by atoms with Crippen LogP contribution >= 0.6 is 0 Å². The van der Waals surface area contributed by atoms with Gasteiger partial charge in [-0.15, -0.1) is 0 Å². The summed E-state index contributed by atoms with van der Waals surface area (Å²) in [6.07, 6.45) is 0.707. The first kappa shape index (κ1) is 14.7. The Labute approximate surface area is 108 Å². The quantitative estimate of drug-likeness (QED) is 0.714. The average molecular weight is 254 g/mol. The van der Waals surface area contributed by atoms with Crippen LogP contribution in [0.25, 0.3) is 0 Å². The highest BCUT2D eigenvalue weighted by Crippen LogP contribution is 2.14. The monoisotopic (exact) mass is 254 g/mol. The second-order valence-corrected chi connectivity index (χ2v) is 3.86. The Morgan fingerprint density at radius 2 is 2.17 bits per heavy atom. The molecule has 6 nitrogen and oxygen atoms in total. The first-order valence-corrected chi connectivity index (χ1v) is 6.28. The zero-order valence-corrected chi connectivity index (χ0v) is 11.1. The van der Waals surface area contributed by atoms with Gasteiger partial charge in [0.25, 0.3) is 0 Å². The highest BCUT2D eigenvalue weighted by Gasteiger charge is 2.09. The number of nitrogen functional groups attached to an aromatic ring is 1. The molecule has 0 aliphatic heterocycles. The van der Waals surface area contributed by atoms with Gasteiger partial charge in [0.2, 0.25) is 0 Å². The lowest BCUT2D eigenvalue weighted by Gasteiger charge is -2.22. The molecule has 0 saturated carbocycles. The van der Waals surface area contributed by atoms with E-state index in [1.807, 2.05) is 13.8 Å². The highest BCUT2D eigenvalue weighted by molar-refractivity contribution is 5.46. The van der Waals surface area contributed by atoms with E-state index >= 15 is 0 Å². The Balaban J connectivity index is 2.81. The summed E-state index contributed by atoms with van der Waals surface area (Å²) in [6.45, 7) is 6.68. The molecule has 1 heterocycles. The molecular formula is C12H22N4O2. The zero-order chi connectivity index (χ0) is 13.4. The van der Waals surface area contributed by atoms with E-state index in [0.29, 0.717) is 31.3 Å². The van der Waals surface area contributed by atoms with Crippen LogP contribution in [-0.2, 0) is 11.3 Å². The summed E-state index contributed by atoms with van der Waals surface area (Å²) in [7, 11) is 0. The number of aromatic nitrogens is 2. The molecule has 0 aromatic carbocycles. The number of hydrogen-bond donors (Lipinski definition) is 2. The topological polar surface area (TPSA) is 84.5 Å². The van der Waals surface area contributed by atoms with Crippen LogP contribution in [0, 0.1) is 0 Å². The molecule has 1 aromatic rings. The molecule has 0 unspecified atom stereocenters. The molecule has 102 valence electrons. The minimum Gasteiger partial charge on any atom is -0.396 e. The van der Waals surface area contributed by atoms with E-state index in [0.717, 1.165) is 18.9 Å². The number of aliphatic hydroxyl groups excluding tert-OH is 1. The van der Waals surface area contributed by atoms with Crippen molar-refractivity contribution in [2.24, 2.45) is 0 Å². The highest BCUT2D eigenvalue weighted by atomic mass is 16.5. The van der Waals surface area contributed by atoms with Gasteiger partial charge in [-0.1, -0.05) is 0 Å². The molecule has 0 atom stereocenters. The summed E-state index contributed by atoms with van der Waals surface area (Å²) in [5, 5.41) is 8.88. The number of nitrogens with zero attached hydrogens (tertiary/aromatic N) is 3. The summed E-state index contributed by atoms with van der Waals surface area (Å²) >= 11 is 0. The molecule has 1 aromatic heterocycles. The minimum absolute atomic E-state index is 0.170. The maximum Gasteiger partial charge on any atom is 0.158 e. The van der Waals surface area contributed by atoms with Crippen molar-refractivity contribution < 1.29 is 9.84 Å². The van der Waals surface area contributed by atoms with Gasteiger partial charge in [0.15, 0.2) is 5.82 Å². The summed E-state index contributed by atoms with van der Waals surface area (Å²) in [4.78, 5) is 10.6. The second-order valence-electron chi connectivity index (χ2n) is 3.86. The van der Waals surface area contributed by atoms with E-state index in [9.17, 15) is 0 Å². The molecule has 0 spiro atoms. The van der Waals surface area contributed by atoms with Crippen molar-refractivity contribution >= 4 is 11.6 Å². The molecule has 0 amide bonds. The van der Waals surface area contributed by atoms with E-state index < -0.39 is 0 Å². The van der Waals surface area contributed by atoms with Crippen molar-refractivity contribution in [1.29, 1.82) is 0 Å². The third-order valence-electron chi connectivity index (χ3n) is 2.51. The average Bonchev–Trinajstić information content (AvgIpc) is 2.37. The van der Waals surface area contributed by atoms with Crippen LogP contribution in [0.2, 0.25) is 0 Å². The van der Waals surface area contributed by atoms with Crippen molar-refractivity contribution in [3.05, 3.63) is 11.9 Å². The van der Waals surface area contributed by atoms with Gasteiger partial charge in [0, 0.05) is 32.4 Å². The van der Waals surface area contributed by atoms with Crippen molar-refractivity contribution in [3.8, 4) is 0 Å². The third kappa shape index (κ3) is 4.46. The number of rotatable bonds is 8. The summed E-state index contributed by atoms with van der Waals surface area (Å²) in [5.41, 5.74) is 5.77. The van der Waals surface area contributed by atoms with E-state index in [1.54, 1.807) is 6.07 Å². The SMILES string of the molecule is CCOCc1nc(N)cc(N(CC)CCCO)n1. The molecule has 6 heteroatoms. The molecule has 0 radical (unpaired) electrons. The summed E-state index contributed by atoms with van der Waals surface area (Å²) in [6, 6.07) is 1.75. The molecular weight excluding hydrogens is 232 g/mol. The van der Waals surface area contributed by atoms with Gasteiger partial charge in [0.05, 0.1) is 0 Å². The third-order valence-corrected chi connectivity index (χ3v) is 2.51. The fourth-order valence-electron chi connectivity index (χ4n) is 1.62. The van der Waals surface area contributed by atoms with Crippen LogP contribution in [0.5, 0.6) is 0 Å². The van der Waals surface area contributed by atoms with E-state index in [-0.39, 0.29) is 6.61 Å². The smallest absolute Gasteiger partial charge is 0.158 e. The predicted octanol–water partition coefficient (Wildman–Crippen LogP) is 0.804. The molecule has 1 rings (SSSR count). The van der Waals surface area contributed by atoms with Crippen LogP contribution in [0.3, 0.4) is 0 Å². The predicted molar refractivity (Wildman–Crippen MR) is 71.4 cm³/mol. The molecule has 0 saturated heterocycles. The van der Waals surface area contributed by atoms with Crippen molar-refractivity contribution in [3.63, 3.8) is 0 Å². The number of nitrogens with two attached hydrogens (primary N) is 1. The van der Waals surface area contributed by atoms with Gasteiger partial charge in [0.1, 0.15) is 18.2 Å². The molecule has 0 aliphatic carbocycles. The van der Waals surface area contributed by atoms with Gasteiger partial charge in [-0.2, -0.15) is 0 Å². The lowest BCUT2D eigenvalue weighted by Crippen LogP contribution is -2.26. The maximum absolute atomic E-state index is 8.88. The van der Waals surface area contributed by atoms with Crippen LogP contribution in [0.4, 0.5) is 11.6 Å². The fraction of sp³-hybridized carbons (Fsp3) is 0.667. The molecule has 0 aliphatic rings. The van der Waals surface area contributed by atoms with Gasteiger partial charge < -0.3 is 20.5 Å². The Morgan fingerprint density at radius 1 is 1.39 bits per heavy atom. The number of anilines is 2. The Hall–Kier alpha value is -1.40. The largest absolute Gasteiger partial charge is 0.396 e. The maximum atomic E-state index is 8.88. The van der Waals surface area contributed by atoms with Crippen molar-refractivity contribution in [2.45, 2.75) is 26.9 Å². The van der Waals surface area contributed by atoms with Crippen LogP contribution in [0.15, 0.2) is 6.07 Å². The summed E-state index contributed by atoms with van der Waals surface area (Å²) < 4.78 is 5.28. The Morgan fingerprint density at radius 3 is 2.78 bits per heavy atom. The van der Waals surface area contributed by atoms with Crippen LogP contribution in [0.1, 0.15) is 26.1 Å². The Bertz CT molecular complexity index is 360. The first-order valence-electron chi connectivity index (χ1n) is 6.28. The molecule has 0 fully saturated rings. The molecule has 18 heavy (non-hydrogen) atoms. The van der Waals surface area contributed by atoms with E-state index in [2.05, 4.69) is 14.9 Å². The molecule has 3 N–H and O–H groups in total. The van der Waals surface area contributed by atoms with Crippen LogP contribution < -0.4 is 10.6 Å². The van der Waals surface area contributed by atoms with Gasteiger partial charge in [-0.05, 0) is 20.3 Å². The second kappa shape index (κ2) is 7.84. The van der Waals surface area contributed by atoms with Gasteiger partial charge in [-0.25, -0.2) is 9.97 Å². The van der Waals surface area contributed by atoms with E-state index in [1.165, 1.54) is 0 Å². The number of ether oxygens (including phenoxy) is 1. The van der Waals surface area contributed by atoms with Crippen molar-refractivity contribution in [1.82, 2.24) is 9.97 Å². The Kier molecular flexibility index (Phi) is 6.38. The summed E-state index contributed by atoms with van der Waals surface area (Å²) in [5.74, 6) is 1.82. The zero-order valence-electron chi connectivity index (χ0n) is 11.1. The molecule has 0 bridgehead atoms. The fourth-order valence-corrected chi connectivity index (χ4v) is 1.62. The lowest BCUT2D eigenvalue weighted by atomic mass is 10.3. The van der Waals surface area contributed by atoms with Gasteiger partial charge >= 0.3 is 0 Å². The first-order chi connectivity index (χ1) is 8.71. The lowest BCUT2D eigenvalue weighted by molar-refractivity contribution is 0.128. The van der Waals surface area contributed by atoms with Gasteiger partial charge in [-0.3, -0.25) is 0 Å². The minimum atomic E-state index is 0.170. The normalized spacial score (nSPS) is 10.6. The number of aliphatic hydroxyl groups is 1. The van der Waals surface area contributed by atoms with Crippen LogP contribution in [-0.4, -0.2) is 41.4 Å². The standard InChI is InChI=1S/C12H22N4O2/c1-3-16(6-5-7-17)12-8-10(13)14-11(15-12)9-18-4-2/h8,17H,3-7,9H2,1-2H3,(H2,13,14,15). The van der Waals surface area contributed by atoms with E-state index in [4.69, 9.17) is 15.6 Å². The van der Waals surface area contributed by atoms with Crippen molar-refractivity contribution in [2.75, 3.05) is 36.9 Å². The number of hydrogen-bond acceptors (Lipinski definition) is 6.